The monoisotopic (exact) mass is 274 g/mol. The first-order valence-corrected chi connectivity index (χ1v) is 6.33. The normalized spacial score (nSPS) is 10.8. The van der Waals surface area contributed by atoms with Crippen molar-refractivity contribution in [3.05, 3.63) is 53.1 Å². The molecular formula is C14H14N2O2S. The molecule has 2 rings (SSSR count). The second-order valence-corrected chi connectivity index (χ2v) is 4.20. The molecule has 0 spiro atoms. The van der Waals surface area contributed by atoms with Crippen molar-refractivity contribution in [2.45, 2.75) is 6.92 Å². The summed E-state index contributed by atoms with van der Waals surface area (Å²) in [5.41, 5.74) is 1.90. The Balaban J connectivity index is 2.13. The summed E-state index contributed by atoms with van der Waals surface area (Å²) in [7, 11) is 0. The number of carbonyl (C=O) groups excluding carboxylic acids is 1. The van der Waals surface area contributed by atoms with E-state index in [-0.39, 0.29) is 5.97 Å². The van der Waals surface area contributed by atoms with Crippen LogP contribution in [-0.4, -0.2) is 22.1 Å². The van der Waals surface area contributed by atoms with Crippen LogP contribution in [0.1, 0.15) is 12.5 Å². The predicted molar refractivity (Wildman–Crippen MR) is 76.6 cm³/mol. The highest BCUT2D eigenvalue weighted by atomic mass is 32.1. The van der Waals surface area contributed by atoms with Gasteiger partial charge in [-0.05, 0) is 42.9 Å². The van der Waals surface area contributed by atoms with Gasteiger partial charge in [-0.25, -0.2) is 4.79 Å². The number of carbonyl (C=O) groups is 1. The summed E-state index contributed by atoms with van der Waals surface area (Å²) in [6, 6.07) is 7.71. The second-order valence-electron chi connectivity index (χ2n) is 3.81. The molecule has 0 aliphatic carbocycles. The van der Waals surface area contributed by atoms with Crippen molar-refractivity contribution in [1.82, 2.24) is 9.55 Å². The van der Waals surface area contributed by atoms with Crippen LogP contribution in [-0.2, 0) is 9.53 Å². The molecule has 4 nitrogen and oxygen atoms in total. The third-order valence-electron chi connectivity index (χ3n) is 2.52. The molecule has 0 saturated carbocycles. The maximum absolute atomic E-state index is 11.2. The number of aromatic amines is 1. The SMILES string of the molecule is CCOC(=O)C=Cc1ccc(-n2cc[nH]c2=S)cc1. The minimum Gasteiger partial charge on any atom is -0.463 e. The number of ether oxygens (including phenoxy) is 1. The van der Waals surface area contributed by atoms with Gasteiger partial charge in [0.1, 0.15) is 0 Å². The smallest absolute Gasteiger partial charge is 0.330 e. The highest BCUT2D eigenvalue weighted by molar-refractivity contribution is 7.71. The topological polar surface area (TPSA) is 47.0 Å². The zero-order valence-corrected chi connectivity index (χ0v) is 11.3. The molecule has 2 aromatic rings. The molecule has 0 bridgehead atoms. The van der Waals surface area contributed by atoms with E-state index in [0.29, 0.717) is 11.4 Å². The Kier molecular flexibility index (Phi) is 4.30. The molecule has 0 saturated heterocycles. The number of imidazole rings is 1. The minimum absolute atomic E-state index is 0.334. The average molecular weight is 274 g/mol. The number of nitrogens with zero attached hydrogens (tertiary/aromatic N) is 1. The van der Waals surface area contributed by atoms with Crippen molar-refractivity contribution < 1.29 is 9.53 Å². The molecule has 1 heterocycles. The van der Waals surface area contributed by atoms with Crippen molar-refractivity contribution in [3.63, 3.8) is 0 Å². The molecular weight excluding hydrogens is 260 g/mol. The lowest BCUT2D eigenvalue weighted by molar-refractivity contribution is -0.137. The van der Waals surface area contributed by atoms with Crippen LogP contribution in [0, 0.1) is 4.77 Å². The summed E-state index contributed by atoms with van der Waals surface area (Å²) in [6.07, 6.45) is 6.79. The van der Waals surface area contributed by atoms with E-state index in [1.54, 1.807) is 19.2 Å². The number of hydrogen-bond acceptors (Lipinski definition) is 3. The van der Waals surface area contributed by atoms with Gasteiger partial charge >= 0.3 is 5.97 Å². The Hall–Kier alpha value is -2.14. The van der Waals surface area contributed by atoms with E-state index < -0.39 is 0 Å². The molecule has 0 unspecified atom stereocenters. The highest BCUT2D eigenvalue weighted by Crippen LogP contribution is 2.11. The van der Waals surface area contributed by atoms with Gasteiger partial charge in [-0.15, -0.1) is 0 Å². The zero-order valence-electron chi connectivity index (χ0n) is 10.5. The molecule has 0 aliphatic heterocycles. The summed E-state index contributed by atoms with van der Waals surface area (Å²) in [5.74, 6) is -0.334. The largest absolute Gasteiger partial charge is 0.463 e. The van der Waals surface area contributed by atoms with E-state index in [4.69, 9.17) is 17.0 Å². The zero-order chi connectivity index (χ0) is 13.7. The maximum Gasteiger partial charge on any atom is 0.330 e. The lowest BCUT2D eigenvalue weighted by atomic mass is 10.2. The molecule has 0 fully saturated rings. The van der Waals surface area contributed by atoms with Crippen LogP contribution in [0.15, 0.2) is 42.7 Å². The minimum atomic E-state index is -0.334. The average Bonchev–Trinajstić information content (AvgIpc) is 2.84. The van der Waals surface area contributed by atoms with Crippen LogP contribution in [0.5, 0.6) is 0 Å². The number of nitrogens with one attached hydrogen (secondary N) is 1. The molecule has 5 heteroatoms. The maximum atomic E-state index is 11.2. The van der Waals surface area contributed by atoms with Gasteiger partial charge in [0.25, 0.3) is 0 Å². The Morgan fingerprint density at radius 3 is 2.74 bits per heavy atom. The molecule has 0 amide bonds. The van der Waals surface area contributed by atoms with Gasteiger partial charge in [-0.3, -0.25) is 4.57 Å². The third kappa shape index (κ3) is 3.42. The number of hydrogen-bond donors (Lipinski definition) is 1. The highest BCUT2D eigenvalue weighted by Gasteiger charge is 1.98. The quantitative estimate of drug-likeness (QED) is 0.529. The summed E-state index contributed by atoms with van der Waals surface area (Å²) in [6.45, 7) is 2.16. The van der Waals surface area contributed by atoms with Gasteiger partial charge in [-0.1, -0.05) is 12.1 Å². The standard InChI is InChI=1S/C14H14N2O2S/c1-2-18-13(17)8-5-11-3-6-12(7-4-11)16-10-9-15-14(16)19/h3-10H,2H2,1H3,(H,15,19). The van der Waals surface area contributed by atoms with E-state index in [1.165, 1.54) is 6.08 Å². The fourth-order valence-corrected chi connectivity index (χ4v) is 1.86. The Morgan fingerprint density at radius 2 is 2.16 bits per heavy atom. The first-order chi connectivity index (χ1) is 9.20. The first-order valence-electron chi connectivity index (χ1n) is 5.92. The number of aromatic nitrogens is 2. The van der Waals surface area contributed by atoms with Crippen LogP contribution in [0.25, 0.3) is 11.8 Å². The van der Waals surface area contributed by atoms with Crippen LogP contribution in [0.3, 0.4) is 0 Å². The van der Waals surface area contributed by atoms with Crippen LogP contribution in [0.2, 0.25) is 0 Å². The van der Waals surface area contributed by atoms with Gasteiger partial charge in [0.15, 0.2) is 4.77 Å². The van der Waals surface area contributed by atoms with Crippen molar-refractivity contribution in [3.8, 4) is 5.69 Å². The molecule has 98 valence electrons. The predicted octanol–water partition coefficient (Wildman–Crippen LogP) is 3.11. The second kappa shape index (κ2) is 6.15. The molecule has 0 radical (unpaired) electrons. The van der Waals surface area contributed by atoms with Gasteiger partial charge < -0.3 is 9.72 Å². The van der Waals surface area contributed by atoms with Gasteiger partial charge in [0.2, 0.25) is 0 Å². The fraction of sp³-hybridized carbons (Fsp3) is 0.143. The van der Waals surface area contributed by atoms with Crippen LogP contribution >= 0.6 is 12.2 Å². The summed E-state index contributed by atoms with van der Waals surface area (Å²) in [5, 5.41) is 0. The van der Waals surface area contributed by atoms with Crippen molar-refractivity contribution in [1.29, 1.82) is 0 Å². The van der Waals surface area contributed by atoms with Gasteiger partial charge in [0.05, 0.1) is 6.61 Å². The van der Waals surface area contributed by atoms with Crippen molar-refractivity contribution >= 4 is 24.3 Å². The number of rotatable bonds is 4. The van der Waals surface area contributed by atoms with E-state index >= 15 is 0 Å². The fourth-order valence-electron chi connectivity index (χ4n) is 1.62. The number of benzene rings is 1. The van der Waals surface area contributed by atoms with E-state index in [2.05, 4.69) is 4.98 Å². The Morgan fingerprint density at radius 1 is 1.42 bits per heavy atom. The third-order valence-corrected chi connectivity index (χ3v) is 2.83. The molecule has 0 atom stereocenters. The molecule has 19 heavy (non-hydrogen) atoms. The molecule has 1 N–H and O–H groups in total. The van der Waals surface area contributed by atoms with Gasteiger partial charge in [0, 0.05) is 24.2 Å². The molecule has 1 aromatic heterocycles. The molecule has 1 aromatic carbocycles. The summed E-state index contributed by atoms with van der Waals surface area (Å²) >= 11 is 5.15. The lowest BCUT2D eigenvalue weighted by Gasteiger charge is -2.02. The summed E-state index contributed by atoms with van der Waals surface area (Å²) < 4.78 is 7.33. The van der Waals surface area contributed by atoms with Crippen LogP contribution < -0.4 is 0 Å². The number of H-pyrrole nitrogens is 1. The van der Waals surface area contributed by atoms with E-state index in [9.17, 15) is 4.79 Å². The Bertz CT molecular complexity index is 638. The van der Waals surface area contributed by atoms with Crippen molar-refractivity contribution in [2.75, 3.05) is 6.61 Å². The van der Waals surface area contributed by atoms with Crippen molar-refractivity contribution in [2.24, 2.45) is 0 Å². The Labute approximate surface area is 116 Å². The number of esters is 1. The first kappa shape index (κ1) is 13.3. The van der Waals surface area contributed by atoms with E-state index in [1.807, 2.05) is 35.0 Å². The lowest BCUT2D eigenvalue weighted by Crippen LogP contribution is -1.98. The van der Waals surface area contributed by atoms with Gasteiger partial charge in [-0.2, -0.15) is 0 Å². The molecule has 0 aliphatic rings. The summed E-state index contributed by atoms with van der Waals surface area (Å²) in [4.78, 5) is 14.1. The van der Waals surface area contributed by atoms with E-state index in [0.717, 1.165) is 11.3 Å². The van der Waals surface area contributed by atoms with Crippen LogP contribution in [0.4, 0.5) is 0 Å².